The second-order valence-corrected chi connectivity index (χ2v) is 15.1. The molecule has 3 heterocycles. The highest BCUT2D eigenvalue weighted by Gasteiger charge is 2.48. The van der Waals surface area contributed by atoms with Gasteiger partial charge in [0.25, 0.3) is 0 Å². The first kappa shape index (κ1) is 37.3. The number of hydrogen-bond donors (Lipinski definition) is 6. The number of phenols is 1. The molecule has 7 rings (SSSR count). The number of benzene rings is 3. The lowest BCUT2D eigenvalue weighted by Crippen LogP contribution is -2.65. The van der Waals surface area contributed by atoms with Gasteiger partial charge in [-0.1, -0.05) is 55.3 Å². The SMILES string of the molecule is C[C@@H](NC[C@H](O)c1ccc(O)c(NC=O)c1)c1ccc(OCCC[N+]23CCC(CC2)[C@@H](OCC(O)(c2ccccc2)C2CCCC2)C3)c(CO)c1. The molecule has 4 fully saturated rings. The van der Waals surface area contributed by atoms with Crippen molar-refractivity contribution in [3.05, 3.63) is 89.0 Å². The summed E-state index contributed by atoms with van der Waals surface area (Å²) in [6, 6.07) is 20.5. The molecule has 0 aromatic heterocycles. The Morgan fingerprint density at radius 2 is 1.75 bits per heavy atom. The number of phenolic OH excluding ortho intramolecular Hbond substituents is 1. The predicted octanol–water partition coefficient (Wildman–Crippen LogP) is 5.31. The normalized spacial score (nSPS) is 24.2. The number of nitrogens with zero attached hydrogens (tertiary/aromatic N) is 1. The van der Waals surface area contributed by atoms with E-state index in [9.17, 15) is 25.2 Å². The van der Waals surface area contributed by atoms with Crippen LogP contribution in [0.2, 0.25) is 0 Å². The zero-order valence-corrected chi connectivity index (χ0v) is 29.9. The molecule has 3 saturated heterocycles. The van der Waals surface area contributed by atoms with Crippen molar-refractivity contribution >= 4 is 12.1 Å². The van der Waals surface area contributed by atoms with Crippen LogP contribution < -0.4 is 15.4 Å². The first-order valence-electron chi connectivity index (χ1n) is 18.8. The van der Waals surface area contributed by atoms with Crippen LogP contribution in [0.15, 0.2) is 66.7 Å². The van der Waals surface area contributed by atoms with Crippen molar-refractivity contribution in [1.29, 1.82) is 0 Å². The molecule has 2 bridgehead atoms. The van der Waals surface area contributed by atoms with E-state index >= 15 is 0 Å². The Bertz CT molecular complexity index is 1570. The topological polar surface area (TPSA) is 141 Å². The lowest BCUT2D eigenvalue weighted by atomic mass is 9.80. The minimum Gasteiger partial charge on any atom is -0.506 e. The number of aromatic hydroxyl groups is 1. The number of rotatable bonds is 18. The quantitative estimate of drug-likeness (QED) is 0.0454. The van der Waals surface area contributed by atoms with Crippen LogP contribution in [0.25, 0.3) is 0 Å². The molecule has 51 heavy (non-hydrogen) atoms. The van der Waals surface area contributed by atoms with E-state index in [-0.39, 0.29) is 42.7 Å². The van der Waals surface area contributed by atoms with Gasteiger partial charge in [-0.15, -0.1) is 0 Å². The van der Waals surface area contributed by atoms with Crippen molar-refractivity contribution in [2.75, 3.05) is 51.3 Å². The van der Waals surface area contributed by atoms with Gasteiger partial charge in [-0.25, -0.2) is 0 Å². The van der Waals surface area contributed by atoms with Gasteiger partial charge in [0.1, 0.15) is 29.7 Å². The number of aliphatic hydroxyl groups is 3. The van der Waals surface area contributed by atoms with E-state index in [4.69, 9.17) is 9.47 Å². The van der Waals surface area contributed by atoms with Crippen LogP contribution in [-0.4, -0.2) is 83.4 Å². The third-order valence-electron chi connectivity index (χ3n) is 11.9. The number of ether oxygens (including phenoxy) is 2. The highest BCUT2D eigenvalue weighted by Crippen LogP contribution is 2.43. The van der Waals surface area contributed by atoms with E-state index in [0.29, 0.717) is 36.9 Å². The van der Waals surface area contributed by atoms with Crippen LogP contribution in [0.3, 0.4) is 0 Å². The Hall–Kier alpha value is -3.51. The molecule has 10 nitrogen and oxygen atoms in total. The third kappa shape index (κ3) is 8.76. The predicted molar refractivity (Wildman–Crippen MR) is 196 cm³/mol. The molecule has 0 spiro atoms. The van der Waals surface area contributed by atoms with E-state index in [0.717, 1.165) is 79.5 Å². The Balaban J connectivity index is 0.988. The fourth-order valence-corrected chi connectivity index (χ4v) is 8.70. The third-order valence-corrected chi connectivity index (χ3v) is 11.9. The Kier molecular flexibility index (Phi) is 12.3. The van der Waals surface area contributed by atoms with Crippen LogP contribution in [-0.2, 0) is 21.7 Å². The largest absolute Gasteiger partial charge is 0.506 e. The van der Waals surface area contributed by atoms with Gasteiger partial charge in [-0.3, -0.25) is 4.79 Å². The number of aliphatic hydroxyl groups excluding tert-OH is 2. The van der Waals surface area contributed by atoms with Gasteiger partial charge < -0.3 is 45.0 Å². The first-order chi connectivity index (χ1) is 24.7. The molecular formula is C41H56N3O7+. The Morgan fingerprint density at radius 3 is 2.47 bits per heavy atom. The molecule has 4 aliphatic rings. The number of carbonyl (C=O) groups is 1. The molecule has 6 N–H and O–H groups in total. The van der Waals surface area contributed by atoms with Crippen LogP contribution in [0.1, 0.15) is 86.3 Å². The van der Waals surface area contributed by atoms with Crippen molar-refractivity contribution in [2.24, 2.45) is 11.8 Å². The van der Waals surface area contributed by atoms with E-state index in [1.807, 2.05) is 43.3 Å². The van der Waals surface area contributed by atoms with Crippen molar-refractivity contribution < 1.29 is 39.2 Å². The van der Waals surface area contributed by atoms with Crippen molar-refractivity contribution in [1.82, 2.24) is 5.32 Å². The van der Waals surface area contributed by atoms with Gasteiger partial charge >= 0.3 is 0 Å². The molecule has 1 saturated carbocycles. The number of fused-ring (bicyclic) bond motifs is 3. The fraction of sp³-hybridized carbons (Fsp3) is 0.537. The molecule has 0 radical (unpaired) electrons. The maximum absolute atomic E-state index is 12.0. The van der Waals surface area contributed by atoms with Gasteiger partial charge in [0.15, 0.2) is 0 Å². The maximum Gasteiger partial charge on any atom is 0.211 e. The second-order valence-electron chi connectivity index (χ2n) is 15.1. The highest BCUT2D eigenvalue weighted by molar-refractivity contribution is 5.75. The number of piperidine rings is 3. The van der Waals surface area contributed by atoms with Crippen LogP contribution >= 0.6 is 0 Å². The average Bonchev–Trinajstić information content (AvgIpc) is 3.72. The zero-order chi connectivity index (χ0) is 35.8. The smallest absolute Gasteiger partial charge is 0.211 e. The fourth-order valence-electron chi connectivity index (χ4n) is 8.70. The Morgan fingerprint density at radius 1 is 1.00 bits per heavy atom. The van der Waals surface area contributed by atoms with E-state index in [1.165, 1.54) is 18.9 Å². The number of anilines is 1. The second kappa shape index (κ2) is 16.9. The van der Waals surface area contributed by atoms with Crippen molar-refractivity contribution in [3.8, 4) is 11.5 Å². The van der Waals surface area contributed by atoms with Gasteiger partial charge in [0.2, 0.25) is 6.41 Å². The summed E-state index contributed by atoms with van der Waals surface area (Å²) >= 11 is 0. The molecule has 1 amide bonds. The summed E-state index contributed by atoms with van der Waals surface area (Å²) < 4.78 is 14.0. The molecule has 4 atom stereocenters. The minimum atomic E-state index is -0.938. The van der Waals surface area contributed by atoms with Gasteiger partial charge in [0, 0.05) is 43.3 Å². The standard InChI is InChI=1S/C41H55N3O7/c1-29(42-24-38(48)32-12-14-37(47)36(23-32)43-28-46)31-13-15-39(33(22-31)26-45)50-21-7-18-44-19-16-30(17-20-44)40(25-44)51-27-41(49,35-10-5-6-11-35)34-8-3-2-4-9-34/h2-4,8-9,12-15,22-23,28-30,35,38,40,42,45,48-49H,5-7,10-11,16-21,24-27H2,1H3,(H-,43,46,47)/p+1/t29-,30?,38+,40+,41?,44?/m1/s1. The highest BCUT2D eigenvalue weighted by atomic mass is 16.5. The molecule has 3 aromatic rings. The summed E-state index contributed by atoms with van der Waals surface area (Å²) in [6.07, 6.45) is 7.45. The first-order valence-corrected chi connectivity index (χ1v) is 18.8. The molecule has 1 unspecified atom stereocenters. The van der Waals surface area contributed by atoms with Crippen molar-refractivity contribution in [2.45, 2.75) is 82.3 Å². The molecular weight excluding hydrogens is 646 g/mol. The number of hydrogen-bond acceptors (Lipinski definition) is 8. The van der Waals surface area contributed by atoms with Crippen LogP contribution in [0, 0.1) is 11.8 Å². The average molecular weight is 703 g/mol. The summed E-state index contributed by atoms with van der Waals surface area (Å²) in [5, 5.41) is 48.6. The zero-order valence-electron chi connectivity index (χ0n) is 29.9. The van der Waals surface area contributed by atoms with E-state index in [2.05, 4.69) is 22.8 Å². The van der Waals surface area contributed by atoms with Gasteiger partial charge in [-0.2, -0.15) is 0 Å². The molecule has 10 heteroatoms. The van der Waals surface area contributed by atoms with Crippen molar-refractivity contribution in [3.63, 3.8) is 0 Å². The molecule has 1 aliphatic carbocycles. The summed E-state index contributed by atoms with van der Waals surface area (Å²) in [5.41, 5.74) is 2.52. The summed E-state index contributed by atoms with van der Waals surface area (Å²) in [7, 11) is 0. The number of nitrogens with one attached hydrogen (secondary N) is 2. The summed E-state index contributed by atoms with van der Waals surface area (Å²) in [5.74, 6) is 1.41. The maximum atomic E-state index is 12.0. The molecule has 3 aromatic carbocycles. The molecule has 3 aliphatic heterocycles. The van der Waals surface area contributed by atoms with Crippen LogP contribution in [0.5, 0.6) is 11.5 Å². The lowest BCUT2D eigenvalue weighted by molar-refractivity contribution is -0.946. The minimum absolute atomic E-state index is 0.0694. The summed E-state index contributed by atoms with van der Waals surface area (Å²) in [4.78, 5) is 10.8. The van der Waals surface area contributed by atoms with E-state index in [1.54, 1.807) is 12.1 Å². The van der Waals surface area contributed by atoms with Crippen LogP contribution in [0.4, 0.5) is 5.69 Å². The van der Waals surface area contributed by atoms with Gasteiger partial charge in [-0.05, 0) is 66.6 Å². The number of quaternary nitrogens is 1. The number of carbonyl (C=O) groups excluding carboxylic acids is 1. The summed E-state index contributed by atoms with van der Waals surface area (Å²) in [6.45, 7) is 7.34. The molecule has 276 valence electrons. The lowest BCUT2D eigenvalue weighted by Gasteiger charge is -2.53. The number of amides is 1. The van der Waals surface area contributed by atoms with Gasteiger partial charge in [0.05, 0.1) is 51.2 Å². The van der Waals surface area contributed by atoms with E-state index < -0.39 is 11.7 Å². The Labute approximate surface area is 302 Å². The monoisotopic (exact) mass is 702 g/mol.